The Bertz CT molecular complexity index is 1100. The summed E-state index contributed by atoms with van der Waals surface area (Å²) >= 11 is 0. The van der Waals surface area contributed by atoms with E-state index in [1.807, 2.05) is 0 Å². The highest BCUT2D eigenvalue weighted by atomic mass is 32.2. The molecule has 0 aromatic heterocycles. The second kappa shape index (κ2) is 8.87. The Morgan fingerprint density at radius 2 is 1.66 bits per heavy atom. The summed E-state index contributed by atoms with van der Waals surface area (Å²) in [7, 11) is -3.69. The molecule has 0 aliphatic rings. The Hall–Kier alpha value is -3.19. The lowest BCUT2D eigenvalue weighted by molar-refractivity contribution is 0.0954. The molecule has 0 radical (unpaired) electrons. The number of aryl methyl sites for hydroxylation is 1. The second-order valence-electron chi connectivity index (χ2n) is 6.58. The van der Waals surface area contributed by atoms with Gasteiger partial charge in [0.15, 0.2) is 0 Å². The van der Waals surface area contributed by atoms with Gasteiger partial charge >= 0.3 is 0 Å². The van der Waals surface area contributed by atoms with Crippen molar-refractivity contribution >= 4 is 21.6 Å². The first kappa shape index (κ1) is 20.5. The zero-order valence-electron chi connectivity index (χ0n) is 15.9. The standard InChI is InChI=1S/C22H21FN2O3S/c1-16-15-18(22(26)24-14-13-17-7-10-19(23)11-8-17)9-12-21(16)25-29(27,28)20-5-3-2-4-6-20/h2-12,15,25H,13-14H2,1H3,(H,24,26). The number of amides is 1. The molecule has 0 aliphatic carbocycles. The predicted molar refractivity (Wildman–Crippen MR) is 111 cm³/mol. The van der Waals surface area contributed by atoms with Crippen molar-refractivity contribution in [3.63, 3.8) is 0 Å². The monoisotopic (exact) mass is 412 g/mol. The molecule has 3 rings (SSSR count). The van der Waals surface area contributed by atoms with Crippen LogP contribution in [0.1, 0.15) is 21.5 Å². The van der Waals surface area contributed by atoms with Crippen LogP contribution in [0.25, 0.3) is 0 Å². The summed E-state index contributed by atoms with van der Waals surface area (Å²) in [6.45, 7) is 2.14. The SMILES string of the molecule is Cc1cc(C(=O)NCCc2ccc(F)cc2)ccc1NS(=O)(=O)c1ccccc1. The van der Waals surface area contributed by atoms with Gasteiger partial charge in [-0.15, -0.1) is 0 Å². The van der Waals surface area contributed by atoms with Gasteiger partial charge in [0.05, 0.1) is 10.6 Å². The number of sulfonamides is 1. The Labute approximate surface area is 169 Å². The first-order chi connectivity index (χ1) is 13.8. The number of anilines is 1. The van der Waals surface area contributed by atoms with E-state index in [2.05, 4.69) is 10.0 Å². The Morgan fingerprint density at radius 1 is 0.966 bits per heavy atom. The minimum absolute atomic E-state index is 0.169. The van der Waals surface area contributed by atoms with Crippen LogP contribution in [-0.4, -0.2) is 20.9 Å². The molecule has 0 saturated heterocycles. The maximum atomic E-state index is 12.9. The maximum absolute atomic E-state index is 12.9. The average molecular weight is 412 g/mol. The second-order valence-corrected chi connectivity index (χ2v) is 8.26. The fraction of sp³-hybridized carbons (Fsp3) is 0.136. The summed E-state index contributed by atoms with van der Waals surface area (Å²) in [6.07, 6.45) is 0.583. The van der Waals surface area contributed by atoms with Gasteiger partial charge in [0.25, 0.3) is 15.9 Å². The largest absolute Gasteiger partial charge is 0.352 e. The van der Waals surface area contributed by atoms with Crippen molar-refractivity contribution in [2.45, 2.75) is 18.2 Å². The van der Waals surface area contributed by atoms with Crippen LogP contribution in [-0.2, 0) is 16.4 Å². The van der Waals surface area contributed by atoms with Crippen LogP contribution < -0.4 is 10.0 Å². The van der Waals surface area contributed by atoms with Gasteiger partial charge in [-0.25, -0.2) is 12.8 Å². The normalized spacial score (nSPS) is 11.1. The molecule has 0 bridgehead atoms. The van der Waals surface area contributed by atoms with Gasteiger partial charge in [-0.2, -0.15) is 0 Å². The lowest BCUT2D eigenvalue weighted by Crippen LogP contribution is -2.25. The molecule has 0 atom stereocenters. The molecular formula is C22H21FN2O3S. The lowest BCUT2D eigenvalue weighted by Gasteiger charge is -2.12. The van der Waals surface area contributed by atoms with E-state index in [9.17, 15) is 17.6 Å². The maximum Gasteiger partial charge on any atom is 0.261 e. The van der Waals surface area contributed by atoms with Crippen LogP contribution in [0.3, 0.4) is 0 Å². The van der Waals surface area contributed by atoms with Crippen LogP contribution >= 0.6 is 0 Å². The summed E-state index contributed by atoms with van der Waals surface area (Å²) in [4.78, 5) is 12.5. The third kappa shape index (κ3) is 5.42. The summed E-state index contributed by atoms with van der Waals surface area (Å²) < 4.78 is 40.4. The zero-order chi connectivity index (χ0) is 20.9. The summed E-state index contributed by atoms with van der Waals surface area (Å²) in [6, 6.07) is 19.0. The van der Waals surface area contributed by atoms with Crippen molar-refractivity contribution in [2.75, 3.05) is 11.3 Å². The number of carbonyl (C=O) groups excluding carboxylic acids is 1. The van der Waals surface area contributed by atoms with E-state index in [0.29, 0.717) is 29.8 Å². The Morgan fingerprint density at radius 3 is 2.31 bits per heavy atom. The highest BCUT2D eigenvalue weighted by Crippen LogP contribution is 2.21. The number of hydrogen-bond donors (Lipinski definition) is 2. The fourth-order valence-electron chi connectivity index (χ4n) is 2.80. The highest BCUT2D eigenvalue weighted by molar-refractivity contribution is 7.92. The van der Waals surface area contributed by atoms with Crippen molar-refractivity contribution in [2.24, 2.45) is 0 Å². The molecule has 0 saturated carbocycles. The third-order valence-corrected chi connectivity index (χ3v) is 5.78. The minimum atomic E-state index is -3.69. The van der Waals surface area contributed by atoms with Crippen LogP contribution in [0.15, 0.2) is 77.7 Å². The first-order valence-corrected chi connectivity index (χ1v) is 10.5. The van der Waals surface area contributed by atoms with E-state index >= 15 is 0 Å². The molecule has 1 amide bonds. The average Bonchev–Trinajstić information content (AvgIpc) is 2.71. The number of benzene rings is 3. The van der Waals surface area contributed by atoms with Crippen LogP contribution in [0.4, 0.5) is 10.1 Å². The van der Waals surface area contributed by atoms with E-state index in [1.54, 1.807) is 55.5 Å². The van der Waals surface area contributed by atoms with Crippen molar-refractivity contribution in [3.8, 4) is 0 Å². The van der Waals surface area contributed by atoms with Gasteiger partial charge in [0.1, 0.15) is 5.82 Å². The summed E-state index contributed by atoms with van der Waals surface area (Å²) in [5.74, 6) is -0.552. The number of carbonyl (C=O) groups is 1. The Kier molecular flexibility index (Phi) is 6.29. The van der Waals surface area contributed by atoms with Crippen molar-refractivity contribution in [1.29, 1.82) is 0 Å². The van der Waals surface area contributed by atoms with Crippen molar-refractivity contribution in [3.05, 3.63) is 95.3 Å². The van der Waals surface area contributed by atoms with Crippen LogP contribution in [0.2, 0.25) is 0 Å². The number of nitrogens with one attached hydrogen (secondary N) is 2. The van der Waals surface area contributed by atoms with Gasteiger partial charge in [-0.3, -0.25) is 9.52 Å². The van der Waals surface area contributed by atoms with Gasteiger partial charge < -0.3 is 5.32 Å². The molecule has 0 heterocycles. The van der Waals surface area contributed by atoms with Crippen LogP contribution in [0.5, 0.6) is 0 Å². The number of halogens is 1. The van der Waals surface area contributed by atoms with E-state index < -0.39 is 10.0 Å². The van der Waals surface area contributed by atoms with E-state index in [0.717, 1.165) is 5.56 Å². The summed E-state index contributed by atoms with van der Waals surface area (Å²) in [5.41, 5.74) is 2.41. The fourth-order valence-corrected chi connectivity index (χ4v) is 3.95. The molecule has 3 aromatic carbocycles. The topological polar surface area (TPSA) is 75.3 Å². The van der Waals surface area contributed by atoms with Crippen LogP contribution in [0, 0.1) is 12.7 Å². The molecule has 0 unspecified atom stereocenters. The molecule has 5 nitrogen and oxygen atoms in total. The van der Waals surface area contributed by atoms with Gasteiger partial charge in [0, 0.05) is 12.1 Å². The molecule has 7 heteroatoms. The molecule has 0 fully saturated rings. The van der Waals surface area contributed by atoms with Gasteiger partial charge in [0.2, 0.25) is 0 Å². The molecule has 29 heavy (non-hydrogen) atoms. The zero-order valence-corrected chi connectivity index (χ0v) is 16.7. The molecule has 3 aromatic rings. The van der Waals surface area contributed by atoms with E-state index in [4.69, 9.17) is 0 Å². The van der Waals surface area contributed by atoms with Gasteiger partial charge in [-0.1, -0.05) is 30.3 Å². The van der Waals surface area contributed by atoms with E-state index in [1.165, 1.54) is 24.3 Å². The third-order valence-electron chi connectivity index (χ3n) is 4.40. The van der Waals surface area contributed by atoms with E-state index in [-0.39, 0.29) is 16.6 Å². The lowest BCUT2D eigenvalue weighted by atomic mass is 10.1. The summed E-state index contributed by atoms with van der Waals surface area (Å²) in [5, 5.41) is 2.81. The molecule has 0 spiro atoms. The molecule has 2 N–H and O–H groups in total. The first-order valence-electron chi connectivity index (χ1n) is 9.06. The number of hydrogen-bond acceptors (Lipinski definition) is 3. The van der Waals surface area contributed by atoms with Crippen molar-refractivity contribution in [1.82, 2.24) is 5.32 Å². The van der Waals surface area contributed by atoms with Gasteiger partial charge in [-0.05, 0) is 66.9 Å². The predicted octanol–water partition coefficient (Wildman–Crippen LogP) is 3.91. The minimum Gasteiger partial charge on any atom is -0.352 e. The smallest absolute Gasteiger partial charge is 0.261 e. The Balaban J connectivity index is 1.62. The van der Waals surface area contributed by atoms with Crippen molar-refractivity contribution < 1.29 is 17.6 Å². The number of rotatable bonds is 7. The molecule has 150 valence electrons. The molecule has 0 aliphatic heterocycles. The quantitative estimate of drug-likeness (QED) is 0.618. The highest BCUT2D eigenvalue weighted by Gasteiger charge is 2.15. The molecular weight excluding hydrogens is 391 g/mol.